The lowest BCUT2D eigenvalue weighted by Gasteiger charge is -2.41. The maximum Gasteiger partial charge on any atom is 0.324 e. The third-order valence-electron chi connectivity index (χ3n) is 5.52. The molecule has 0 spiro atoms. The van der Waals surface area contributed by atoms with E-state index >= 15 is 0 Å². The summed E-state index contributed by atoms with van der Waals surface area (Å²) in [6, 6.07) is 0.413. The molecular formula is C19H28N4O4S. The highest BCUT2D eigenvalue weighted by atomic mass is 32.1. The maximum atomic E-state index is 13.1. The molecule has 0 radical (unpaired) electrons. The van der Waals surface area contributed by atoms with Crippen LogP contribution >= 0.6 is 11.3 Å². The Morgan fingerprint density at radius 2 is 1.61 bits per heavy atom. The fourth-order valence-electron chi connectivity index (χ4n) is 4.19. The third kappa shape index (κ3) is 5.43. The number of carbonyl (C=O) groups is 3. The minimum absolute atomic E-state index is 0.114. The Morgan fingerprint density at radius 3 is 2.14 bits per heavy atom. The predicted octanol–water partition coefficient (Wildman–Crippen LogP) is 3.46. The van der Waals surface area contributed by atoms with Gasteiger partial charge >= 0.3 is 12.0 Å². The normalized spacial score (nSPS) is 18.4. The van der Waals surface area contributed by atoms with Crippen LogP contribution in [0.2, 0.25) is 0 Å². The molecule has 2 fully saturated rings. The van der Waals surface area contributed by atoms with Crippen molar-refractivity contribution in [3.05, 3.63) is 11.1 Å². The zero-order chi connectivity index (χ0) is 19.9. The van der Waals surface area contributed by atoms with Crippen LogP contribution in [0.25, 0.3) is 0 Å². The van der Waals surface area contributed by atoms with Gasteiger partial charge in [-0.2, -0.15) is 0 Å². The lowest BCUT2D eigenvalue weighted by molar-refractivity contribution is -0.135. The second kappa shape index (κ2) is 9.86. The molecule has 2 aliphatic carbocycles. The first kappa shape index (κ1) is 20.6. The first-order valence-corrected chi connectivity index (χ1v) is 11.0. The van der Waals surface area contributed by atoms with Gasteiger partial charge in [0.25, 0.3) is 5.91 Å². The molecule has 154 valence electrons. The Hall–Kier alpha value is -2.16. The highest BCUT2D eigenvalue weighted by molar-refractivity contribution is 7.14. The standard InChI is InChI=1S/C19H28N4O4S/c24-16(25)11-20-17(26)15-12-28-18(21-15)22-19(27)23(13-7-3-1-4-8-13)14-9-5-2-6-10-14/h12-14H,1-11H2,(H,20,26)(H,24,25)(H,21,22,27). The number of carbonyl (C=O) groups excluding carboxylic acids is 2. The second-order valence-electron chi connectivity index (χ2n) is 7.54. The SMILES string of the molecule is O=C(O)CNC(=O)c1csc(NC(=O)N(C2CCCCC2)C2CCCCC2)n1. The summed E-state index contributed by atoms with van der Waals surface area (Å²) >= 11 is 1.17. The average Bonchev–Trinajstić information content (AvgIpc) is 3.16. The van der Waals surface area contributed by atoms with Gasteiger partial charge in [0.05, 0.1) is 0 Å². The van der Waals surface area contributed by atoms with Gasteiger partial charge in [-0.25, -0.2) is 9.78 Å². The van der Waals surface area contributed by atoms with Crippen LogP contribution in [0.15, 0.2) is 5.38 Å². The number of hydrogen-bond acceptors (Lipinski definition) is 5. The van der Waals surface area contributed by atoms with E-state index in [-0.39, 0.29) is 23.8 Å². The number of thiazole rings is 1. The van der Waals surface area contributed by atoms with E-state index in [1.165, 1.54) is 29.6 Å². The van der Waals surface area contributed by atoms with Crippen LogP contribution in [0.3, 0.4) is 0 Å². The van der Waals surface area contributed by atoms with Gasteiger partial charge in [-0.15, -0.1) is 11.3 Å². The van der Waals surface area contributed by atoms with Crippen molar-refractivity contribution in [3.8, 4) is 0 Å². The lowest BCUT2D eigenvalue weighted by atomic mass is 9.89. The van der Waals surface area contributed by atoms with E-state index in [0.29, 0.717) is 5.13 Å². The molecule has 1 aromatic heterocycles. The summed E-state index contributed by atoms with van der Waals surface area (Å²) in [7, 11) is 0. The molecule has 9 heteroatoms. The van der Waals surface area contributed by atoms with Gasteiger partial charge in [0, 0.05) is 17.5 Å². The van der Waals surface area contributed by atoms with Crippen LogP contribution < -0.4 is 10.6 Å². The zero-order valence-corrected chi connectivity index (χ0v) is 16.8. The molecule has 0 saturated heterocycles. The van der Waals surface area contributed by atoms with Gasteiger partial charge in [0.15, 0.2) is 5.13 Å². The number of aliphatic carboxylic acids is 1. The van der Waals surface area contributed by atoms with Gasteiger partial charge < -0.3 is 15.3 Å². The summed E-state index contributed by atoms with van der Waals surface area (Å²) in [5.74, 6) is -1.68. The minimum Gasteiger partial charge on any atom is -0.480 e. The molecule has 1 heterocycles. The Balaban J connectivity index is 1.65. The molecule has 2 saturated carbocycles. The van der Waals surface area contributed by atoms with Crippen molar-refractivity contribution >= 4 is 34.4 Å². The molecule has 0 unspecified atom stereocenters. The smallest absolute Gasteiger partial charge is 0.324 e. The van der Waals surface area contributed by atoms with Crippen molar-refractivity contribution in [2.24, 2.45) is 0 Å². The molecule has 28 heavy (non-hydrogen) atoms. The number of aromatic nitrogens is 1. The Morgan fingerprint density at radius 1 is 1.04 bits per heavy atom. The number of anilines is 1. The summed E-state index contributed by atoms with van der Waals surface area (Å²) in [6.45, 7) is -0.463. The third-order valence-corrected chi connectivity index (χ3v) is 6.28. The van der Waals surface area contributed by atoms with Gasteiger partial charge in [-0.05, 0) is 25.7 Å². The van der Waals surface area contributed by atoms with Crippen LogP contribution in [0, 0.1) is 0 Å². The van der Waals surface area contributed by atoms with Crippen LogP contribution in [-0.4, -0.2) is 51.5 Å². The van der Waals surface area contributed by atoms with E-state index in [1.54, 1.807) is 0 Å². The van der Waals surface area contributed by atoms with E-state index in [2.05, 4.69) is 15.6 Å². The van der Waals surface area contributed by atoms with E-state index < -0.39 is 18.4 Å². The topological polar surface area (TPSA) is 112 Å². The summed E-state index contributed by atoms with van der Waals surface area (Å²) < 4.78 is 0. The minimum atomic E-state index is -1.12. The molecule has 3 amide bonds. The molecule has 2 aliphatic rings. The number of carboxylic acid groups (broad SMARTS) is 1. The fourth-order valence-corrected chi connectivity index (χ4v) is 4.87. The number of nitrogens with one attached hydrogen (secondary N) is 2. The van der Waals surface area contributed by atoms with Crippen LogP contribution in [0.1, 0.15) is 74.7 Å². The van der Waals surface area contributed by atoms with E-state index in [4.69, 9.17) is 5.11 Å². The molecule has 3 N–H and O–H groups in total. The van der Waals surface area contributed by atoms with Crippen molar-refractivity contribution in [1.82, 2.24) is 15.2 Å². The number of nitrogens with zero attached hydrogens (tertiary/aromatic N) is 2. The van der Waals surface area contributed by atoms with Gasteiger partial charge in [-0.3, -0.25) is 14.9 Å². The number of amides is 3. The second-order valence-corrected chi connectivity index (χ2v) is 8.39. The van der Waals surface area contributed by atoms with Crippen molar-refractivity contribution in [2.45, 2.75) is 76.3 Å². The molecule has 0 aromatic carbocycles. The quantitative estimate of drug-likeness (QED) is 0.667. The van der Waals surface area contributed by atoms with Gasteiger partial charge in [0.2, 0.25) is 0 Å². The van der Waals surface area contributed by atoms with E-state index in [0.717, 1.165) is 51.4 Å². The number of carboxylic acids is 1. The summed E-state index contributed by atoms with van der Waals surface area (Å²) in [5.41, 5.74) is 0.114. The molecule has 0 atom stereocenters. The Bertz CT molecular complexity index is 678. The maximum absolute atomic E-state index is 13.1. The van der Waals surface area contributed by atoms with Crippen LogP contribution in [0.4, 0.5) is 9.93 Å². The van der Waals surface area contributed by atoms with Crippen LogP contribution in [0.5, 0.6) is 0 Å². The highest BCUT2D eigenvalue weighted by Gasteiger charge is 2.32. The molecule has 3 rings (SSSR count). The fraction of sp³-hybridized carbons (Fsp3) is 0.684. The van der Waals surface area contributed by atoms with Crippen molar-refractivity contribution in [3.63, 3.8) is 0 Å². The highest BCUT2D eigenvalue weighted by Crippen LogP contribution is 2.31. The predicted molar refractivity (Wildman–Crippen MR) is 107 cm³/mol. The molecule has 0 bridgehead atoms. The number of urea groups is 1. The first-order valence-electron chi connectivity index (χ1n) is 10.1. The van der Waals surface area contributed by atoms with Gasteiger partial charge in [0.1, 0.15) is 12.2 Å². The summed E-state index contributed by atoms with van der Waals surface area (Å²) in [4.78, 5) is 41.8. The largest absolute Gasteiger partial charge is 0.480 e. The zero-order valence-electron chi connectivity index (χ0n) is 16.0. The monoisotopic (exact) mass is 408 g/mol. The van der Waals surface area contributed by atoms with E-state index in [9.17, 15) is 14.4 Å². The number of hydrogen-bond donors (Lipinski definition) is 3. The Kier molecular flexibility index (Phi) is 7.24. The summed E-state index contributed by atoms with van der Waals surface area (Å²) in [5, 5.41) is 15.7. The first-order chi connectivity index (χ1) is 13.5. The van der Waals surface area contributed by atoms with Crippen molar-refractivity contribution in [1.29, 1.82) is 0 Å². The molecular weight excluding hydrogens is 380 g/mol. The molecule has 1 aromatic rings. The Labute approximate surface area is 168 Å². The van der Waals surface area contributed by atoms with Gasteiger partial charge in [-0.1, -0.05) is 38.5 Å². The van der Waals surface area contributed by atoms with E-state index in [1.807, 2.05) is 4.90 Å². The van der Waals surface area contributed by atoms with Crippen molar-refractivity contribution in [2.75, 3.05) is 11.9 Å². The number of rotatable bonds is 6. The summed E-state index contributed by atoms with van der Waals surface area (Å²) in [6.07, 6.45) is 11.3. The lowest BCUT2D eigenvalue weighted by Crippen LogP contribution is -2.50. The average molecular weight is 409 g/mol. The molecule has 0 aliphatic heterocycles. The van der Waals surface area contributed by atoms with Crippen molar-refractivity contribution < 1.29 is 19.5 Å². The van der Waals surface area contributed by atoms with Crippen LogP contribution in [-0.2, 0) is 4.79 Å². The molecule has 8 nitrogen and oxygen atoms in total.